The van der Waals surface area contributed by atoms with Gasteiger partial charge in [0.1, 0.15) is 8.67 Å². The van der Waals surface area contributed by atoms with Crippen LogP contribution in [0.3, 0.4) is 0 Å². The van der Waals surface area contributed by atoms with Crippen LogP contribution in [-0.4, -0.2) is 0 Å². The van der Waals surface area contributed by atoms with Crippen molar-refractivity contribution in [1.82, 2.24) is 0 Å². The van der Waals surface area contributed by atoms with Crippen molar-refractivity contribution in [3.63, 3.8) is 0 Å². The summed E-state index contributed by atoms with van der Waals surface area (Å²) in [6.45, 7) is 0. The molecule has 13 heavy (non-hydrogen) atoms. The summed E-state index contributed by atoms with van der Waals surface area (Å²) in [5.41, 5.74) is 0.841. The number of hydrogen-bond acceptors (Lipinski definition) is 2. The van der Waals surface area contributed by atoms with E-state index < -0.39 is 0 Å². The van der Waals surface area contributed by atoms with E-state index >= 15 is 0 Å². The lowest BCUT2D eigenvalue weighted by atomic mass is 10.3. The molecule has 2 aromatic rings. The zero-order chi connectivity index (χ0) is 9.42. The second kappa shape index (κ2) is 3.79. The van der Waals surface area contributed by atoms with Crippen molar-refractivity contribution >= 4 is 57.5 Å². The van der Waals surface area contributed by atoms with Crippen LogP contribution in [0, 0.1) is 6.07 Å². The van der Waals surface area contributed by atoms with Crippen LogP contribution in [0.1, 0.15) is 0 Å². The Morgan fingerprint density at radius 1 is 1.08 bits per heavy atom. The van der Waals surface area contributed by atoms with Crippen molar-refractivity contribution in [2.75, 3.05) is 0 Å². The first kappa shape index (κ1) is 9.81. The normalized spacial score (nSPS) is 10.7. The Labute approximate surface area is 98.7 Å². The molecule has 0 bridgehead atoms. The largest absolute Gasteiger partial charge is 0.123 e. The van der Waals surface area contributed by atoms with E-state index in [-0.39, 0.29) is 0 Å². The van der Waals surface area contributed by atoms with E-state index in [9.17, 15) is 0 Å². The van der Waals surface area contributed by atoms with Gasteiger partial charge in [-0.2, -0.15) is 0 Å². The first-order chi connectivity index (χ1) is 6.16. The van der Waals surface area contributed by atoms with Crippen LogP contribution < -0.4 is 0 Å². The smallest absolute Gasteiger partial charge is 0.104 e. The lowest BCUT2D eigenvalue weighted by molar-refractivity contribution is 1.87. The highest BCUT2D eigenvalue weighted by atomic mass is 35.5. The molecule has 0 fully saturated rings. The summed E-state index contributed by atoms with van der Waals surface area (Å²) in [5.74, 6) is 0. The highest BCUT2D eigenvalue weighted by Gasteiger charge is 2.10. The third-order valence-electron chi connectivity index (χ3n) is 1.42. The molecule has 0 nitrogen and oxygen atoms in total. The molecule has 1 radical (unpaired) electrons. The zero-order valence-electron chi connectivity index (χ0n) is 6.11. The summed E-state index contributed by atoms with van der Waals surface area (Å²) in [4.78, 5) is 0.998. The van der Waals surface area contributed by atoms with Gasteiger partial charge in [0.2, 0.25) is 0 Å². The van der Waals surface area contributed by atoms with Crippen molar-refractivity contribution < 1.29 is 0 Å². The molecule has 0 amide bonds. The first-order valence-corrected chi connectivity index (χ1v) is 6.06. The Morgan fingerprint density at radius 2 is 1.85 bits per heavy atom. The zero-order valence-corrected chi connectivity index (χ0v) is 10.0. The molecule has 2 rings (SSSR count). The molecule has 0 aromatic carbocycles. The minimum absolute atomic E-state index is 0.574. The molecule has 2 aromatic heterocycles. The van der Waals surface area contributed by atoms with Crippen molar-refractivity contribution in [2.24, 2.45) is 0 Å². The summed E-state index contributed by atoms with van der Waals surface area (Å²) >= 11 is 20.3. The lowest BCUT2D eigenvalue weighted by Crippen LogP contribution is -1.63. The molecule has 0 aliphatic carbocycles. The van der Waals surface area contributed by atoms with Crippen LogP contribution in [0.4, 0.5) is 0 Å². The third kappa shape index (κ3) is 2.03. The number of hydrogen-bond donors (Lipinski definition) is 0. The molecule has 5 heteroatoms. The van der Waals surface area contributed by atoms with E-state index in [1.807, 2.05) is 12.1 Å². The fourth-order valence-electron chi connectivity index (χ4n) is 0.910. The summed E-state index contributed by atoms with van der Waals surface area (Å²) in [6.07, 6.45) is 0. The van der Waals surface area contributed by atoms with Gasteiger partial charge in [0, 0.05) is 16.5 Å². The first-order valence-electron chi connectivity index (χ1n) is 3.29. The van der Waals surface area contributed by atoms with Crippen LogP contribution in [0.15, 0.2) is 12.1 Å². The van der Waals surface area contributed by atoms with Gasteiger partial charge in [0.15, 0.2) is 0 Å². The maximum atomic E-state index is 5.96. The van der Waals surface area contributed by atoms with Crippen LogP contribution >= 0.6 is 57.5 Å². The molecule has 2 heterocycles. The average Bonchev–Trinajstić information content (AvgIpc) is 2.58. The fraction of sp³-hybridized carbons (Fsp3) is 0. The number of halogens is 3. The van der Waals surface area contributed by atoms with Gasteiger partial charge in [-0.15, -0.1) is 22.7 Å². The van der Waals surface area contributed by atoms with E-state index in [1.54, 1.807) is 0 Å². The van der Waals surface area contributed by atoms with Gasteiger partial charge in [-0.05, 0) is 12.1 Å². The van der Waals surface area contributed by atoms with E-state index in [4.69, 9.17) is 34.8 Å². The maximum Gasteiger partial charge on any atom is 0.104 e. The van der Waals surface area contributed by atoms with Crippen LogP contribution in [-0.2, 0) is 0 Å². The molecule has 0 N–H and O–H groups in total. The second-order valence-electron chi connectivity index (χ2n) is 2.25. The fourth-order valence-corrected chi connectivity index (χ4v) is 3.48. The summed E-state index contributed by atoms with van der Waals surface area (Å²) in [7, 11) is 0. The molecule has 0 atom stereocenters. The molecule has 67 valence electrons. The van der Waals surface area contributed by atoms with Crippen LogP contribution in [0.25, 0.3) is 10.4 Å². The minimum atomic E-state index is 0.574. The summed E-state index contributed by atoms with van der Waals surface area (Å²) < 4.78 is 1.97. The third-order valence-corrected chi connectivity index (χ3v) is 4.08. The Balaban J connectivity index is 2.51. The molecule has 0 unspecified atom stereocenters. The Morgan fingerprint density at radius 3 is 2.31 bits per heavy atom. The van der Waals surface area contributed by atoms with Crippen molar-refractivity contribution in [2.45, 2.75) is 0 Å². The van der Waals surface area contributed by atoms with Gasteiger partial charge in [-0.3, -0.25) is 0 Å². The predicted molar refractivity (Wildman–Crippen MR) is 61.5 cm³/mol. The molecule has 0 aliphatic rings. The van der Waals surface area contributed by atoms with Gasteiger partial charge < -0.3 is 0 Å². The predicted octanol–water partition coefficient (Wildman–Crippen LogP) is 5.24. The minimum Gasteiger partial charge on any atom is -0.123 e. The van der Waals surface area contributed by atoms with E-state index in [0.29, 0.717) is 8.67 Å². The van der Waals surface area contributed by atoms with Gasteiger partial charge in [0.05, 0.1) is 4.34 Å². The Bertz CT molecular complexity index is 430. The molecule has 0 spiro atoms. The summed E-state index contributed by atoms with van der Waals surface area (Å²) in [5, 5.41) is 0. The molecular formula is C8H2Cl3S2. The Hall–Kier alpha value is 0.270. The highest BCUT2D eigenvalue weighted by molar-refractivity contribution is 7.22. The number of thiophene rings is 2. The standard InChI is InChI=1S/C8H2Cl3S2/c9-6-2-1-5(12-6)4-3-7(10)13-8(4)11/h1-2H. The molecule has 0 saturated heterocycles. The molecule has 0 aliphatic heterocycles. The van der Waals surface area contributed by atoms with Crippen molar-refractivity contribution in [3.8, 4) is 10.4 Å². The summed E-state index contributed by atoms with van der Waals surface area (Å²) in [6, 6.07) is 6.72. The van der Waals surface area contributed by atoms with E-state index in [0.717, 1.165) is 14.8 Å². The van der Waals surface area contributed by atoms with Gasteiger partial charge in [0.25, 0.3) is 0 Å². The van der Waals surface area contributed by atoms with E-state index in [2.05, 4.69) is 6.07 Å². The monoisotopic (exact) mass is 267 g/mol. The Kier molecular flexibility index (Phi) is 2.86. The van der Waals surface area contributed by atoms with Gasteiger partial charge in [-0.25, -0.2) is 0 Å². The van der Waals surface area contributed by atoms with Crippen LogP contribution in [0.5, 0.6) is 0 Å². The quantitative estimate of drug-likeness (QED) is 0.664. The average molecular weight is 269 g/mol. The topological polar surface area (TPSA) is 0 Å². The van der Waals surface area contributed by atoms with Gasteiger partial charge in [-0.1, -0.05) is 34.8 Å². The van der Waals surface area contributed by atoms with Crippen molar-refractivity contribution in [1.29, 1.82) is 0 Å². The van der Waals surface area contributed by atoms with Crippen molar-refractivity contribution in [3.05, 3.63) is 31.2 Å². The second-order valence-corrected chi connectivity index (χ2v) is 6.19. The van der Waals surface area contributed by atoms with Crippen LogP contribution in [0.2, 0.25) is 13.0 Å². The number of rotatable bonds is 1. The molecular weight excluding hydrogens is 267 g/mol. The highest BCUT2D eigenvalue weighted by Crippen LogP contribution is 2.41. The lowest BCUT2D eigenvalue weighted by Gasteiger charge is -1.89. The molecule has 0 saturated carbocycles. The maximum absolute atomic E-state index is 5.96. The SMILES string of the molecule is Clc1[c]c(-c2ccc(Cl)s2)c(Cl)s1. The van der Waals surface area contributed by atoms with E-state index in [1.165, 1.54) is 22.7 Å². The van der Waals surface area contributed by atoms with Gasteiger partial charge >= 0.3 is 0 Å².